The highest BCUT2D eigenvalue weighted by Gasteiger charge is 2.31. The third kappa shape index (κ3) is 2.62. The quantitative estimate of drug-likeness (QED) is 0.867. The van der Waals surface area contributed by atoms with Gasteiger partial charge in [-0.2, -0.15) is 4.31 Å². The van der Waals surface area contributed by atoms with Crippen LogP contribution in [0.3, 0.4) is 0 Å². The molecule has 0 aromatic carbocycles. The molecule has 18 heavy (non-hydrogen) atoms. The molecule has 0 atom stereocenters. The molecule has 1 saturated heterocycles. The van der Waals surface area contributed by atoms with Gasteiger partial charge in [0.15, 0.2) is 4.67 Å². The third-order valence-corrected chi connectivity index (χ3v) is 5.70. The second-order valence-corrected chi connectivity index (χ2v) is 6.84. The van der Waals surface area contributed by atoms with Gasteiger partial charge in [-0.25, -0.2) is 8.42 Å². The molecule has 6 nitrogen and oxygen atoms in total. The largest absolute Gasteiger partial charge is 0.450 e. The molecule has 1 aromatic rings. The Morgan fingerprint density at radius 2 is 2.00 bits per heavy atom. The fourth-order valence-corrected chi connectivity index (χ4v) is 4.20. The van der Waals surface area contributed by atoms with Crippen LogP contribution in [0.25, 0.3) is 0 Å². The standard InChI is InChI=1S/C10H15BrN2O4S/c1-12-2-4-13(5-3-12)18(15,16)9-6-8(7-14)17-10(9)11/h6,14H,2-5,7H2,1H3. The molecule has 0 amide bonds. The van der Waals surface area contributed by atoms with Crippen molar-refractivity contribution in [2.45, 2.75) is 11.5 Å². The smallest absolute Gasteiger partial charge is 0.247 e. The molecular formula is C10H15BrN2O4S. The molecule has 1 aromatic heterocycles. The van der Waals surface area contributed by atoms with E-state index < -0.39 is 10.0 Å². The molecule has 102 valence electrons. The van der Waals surface area contributed by atoms with Crippen LogP contribution < -0.4 is 0 Å². The summed E-state index contributed by atoms with van der Waals surface area (Å²) in [6, 6.07) is 1.36. The number of halogens is 1. The van der Waals surface area contributed by atoms with Crippen LogP contribution in [-0.4, -0.2) is 56.0 Å². The summed E-state index contributed by atoms with van der Waals surface area (Å²) in [4.78, 5) is 2.16. The van der Waals surface area contributed by atoms with Gasteiger partial charge >= 0.3 is 0 Å². The minimum Gasteiger partial charge on any atom is -0.450 e. The Labute approximate surface area is 114 Å². The molecule has 2 rings (SSSR count). The van der Waals surface area contributed by atoms with Crippen LogP contribution in [0.2, 0.25) is 0 Å². The number of furan rings is 1. The summed E-state index contributed by atoms with van der Waals surface area (Å²) in [5.41, 5.74) is 0. The third-order valence-electron chi connectivity index (χ3n) is 2.94. The predicted molar refractivity (Wildman–Crippen MR) is 68.6 cm³/mol. The minimum atomic E-state index is -3.55. The number of aliphatic hydroxyl groups is 1. The van der Waals surface area contributed by atoms with Crippen LogP contribution in [0.4, 0.5) is 0 Å². The van der Waals surface area contributed by atoms with Crippen molar-refractivity contribution in [3.63, 3.8) is 0 Å². The van der Waals surface area contributed by atoms with Crippen LogP contribution in [-0.2, 0) is 16.6 Å². The van der Waals surface area contributed by atoms with E-state index in [4.69, 9.17) is 9.52 Å². The molecule has 0 radical (unpaired) electrons. The van der Waals surface area contributed by atoms with E-state index in [2.05, 4.69) is 20.8 Å². The Morgan fingerprint density at radius 1 is 1.39 bits per heavy atom. The molecular weight excluding hydrogens is 324 g/mol. The van der Waals surface area contributed by atoms with Crippen molar-refractivity contribution in [1.29, 1.82) is 0 Å². The second kappa shape index (κ2) is 5.30. The van der Waals surface area contributed by atoms with Gasteiger partial charge in [-0.1, -0.05) is 0 Å². The van der Waals surface area contributed by atoms with Gasteiger partial charge in [0.25, 0.3) is 0 Å². The summed E-state index contributed by atoms with van der Waals surface area (Å²) < 4.78 is 31.5. The maximum Gasteiger partial charge on any atom is 0.247 e. The van der Waals surface area contributed by atoms with Crippen LogP contribution in [0.15, 0.2) is 20.0 Å². The van der Waals surface area contributed by atoms with E-state index in [1.165, 1.54) is 10.4 Å². The Bertz CT molecular complexity index is 520. The summed E-state index contributed by atoms with van der Waals surface area (Å²) in [5.74, 6) is 0.231. The maximum absolute atomic E-state index is 12.4. The van der Waals surface area contributed by atoms with Gasteiger partial charge in [0.1, 0.15) is 17.3 Å². The van der Waals surface area contributed by atoms with Gasteiger partial charge < -0.3 is 14.4 Å². The average Bonchev–Trinajstić information content (AvgIpc) is 2.72. The van der Waals surface area contributed by atoms with Gasteiger partial charge in [-0.15, -0.1) is 0 Å². The minimum absolute atomic E-state index is 0.0797. The molecule has 0 spiro atoms. The number of nitrogens with zero attached hydrogens (tertiary/aromatic N) is 2. The average molecular weight is 339 g/mol. The molecule has 1 aliphatic rings. The number of likely N-dealkylation sites (N-methyl/N-ethyl adjacent to an activating group) is 1. The summed E-state index contributed by atoms with van der Waals surface area (Å²) in [6.45, 7) is 2.02. The van der Waals surface area contributed by atoms with E-state index >= 15 is 0 Å². The van der Waals surface area contributed by atoms with E-state index in [0.717, 1.165) is 0 Å². The zero-order valence-corrected chi connectivity index (χ0v) is 12.4. The van der Waals surface area contributed by atoms with E-state index in [9.17, 15) is 8.42 Å². The van der Waals surface area contributed by atoms with Crippen LogP contribution >= 0.6 is 15.9 Å². The second-order valence-electron chi connectivity index (χ2n) is 4.22. The van der Waals surface area contributed by atoms with Gasteiger partial charge in [-0.05, 0) is 23.0 Å². The SMILES string of the molecule is CN1CCN(S(=O)(=O)c2cc(CO)oc2Br)CC1. The molecule has 0 bridgehead atoms. The molecule has 1 aliphatic heterocycles. The summed E-state index contributed by atoms with van der Waals surface area (Å²) >= 11 is 3.08. The number of sulfonamides is 1. The highest BCUT2D eigenvalue weighted by molar-refractivity contribution is 9.10. The maximum atomic E-state index is 12.4. The molecule has 1 N–H and O–H groups in total. The highest BCUT2D eigenvalue weighted by atomic mass is 79.9. The lowest BCUT2D eigenvalue weighted by atomic mass is 10.4. The zero-order chi connectivity index (χ0) is 13.3. The molecule has 0 aliphatic carbocycles. The van der Waals surface area contributed by atoms with Crippen molar-refractivity contribution in [2.24, 2.45) is 0 Å². The molecule has 2 heterocycles. The Morgan fingerprint density at radius 3 is 2.50 bits per heavy atom. The normalized spacial score (nSPS) is 19.3. The van der Waals surface area contributed by atoms with Crippen LogP contribution in [0.5, 0.6) is 0 Å². The fraction of sp³-hybridized carbons (Fsp3) is 0.600. The molecule has 1 fully saturated rings. The van der Waals surface area contributed by atoms with Crippen LogP contribution in [0.1, 0.15) is 5.76 Å². The van der Waals surface area contributed by atoms with Gasteiger partial charge in [-0.3, -0.25) is 0 Å². The molecule has 0 saturated carbocycles. The first-order chi connectivity index (χ1) is 8.45. The number of hydrogen-bond acceptors (Lipinski definition) is 5. The van der Waals surface area contributed by atoms with Crippen molar-refractivity contribution >= 4 is 26.0 Å². The lowest BCUT2D eigenvalue weighted by Gasteiger charge is -2.31. The Kier molecular flexibility index (Phi) is 4.12. The van der Waals surface area contributed by atoms with Gasteiger partial charge in [0, 0.05) is 32.2 Å². The zero-order valence-electron chi connectivity index (χ0n) is 9.97. The van der Waals surface area contributed by atoms with Gasteiger partial charge in [0.05, 0.1) is 0 Å². The van der Waals surface area contributed by atoms with Crippen molar-refractivity contribution in [2.75, 3.05) is 33.2 Å². The first-order valence-corrected chi connectivity index (χ1v) is 7.76. The number of aliphatic hydroxyl groups excluding tert-OH is 1. The van der Waals surface area contributed by atoms with Gasteiger partial charge in [0.2, 0.25) is 10.0 Å². The highest BCUT2D eigenvalue weighted by Crippen LogP contribution is 2.29. The van der Waals surface area contributed by atoms with Crippen molar-refractivity contribution in [3.8, 4) is 0 Å². The number of piperazine rings is 1. The fourth-order valence-electron chi connectivity index (χ4n) is 1.82. The van der Waals surface area contributed by atoms with E-state index in [1.807, 2.05) is 7.05 Å². The van der Waals surface area contributed by atoms with Crippen LogP contribution in [0, 0.1) is 0 Å². The lowest BCUT2D eigenvalue weighted by Crippen LogP contribution is -2.47. The van der Waals surface area contributed by atoms with E-state index in [0.29, 0.717) is 26.2 Å². The number of rotatable bonds is 3. The van der Waals surface area contributed by atoms with Crippen molar-refractivity contribution < 1.29 is 17.9 Å². The Balaban J connectivity index is 2.27. The van der Waals surface area contributed by atoms with E-state index in [-0.39, 0.29) is 21.9 Å². The summed E-state index contributed by atoms with van der Waals surface area (Å²) in [7, 11) is -1.59. The molecule has 0 unspecified atom stereocenters. The lowest BCUT2D eigenvalue weighted by molar-refractivity contribution is 0.222. The molecule has 8 heteroatoms. The number of hydrogen-bond donors (Lipinski definition) is 1. The first-order valence-electron chi connectivity index (χ1n) is 5.53. The summed E-state index contributed by atoms with van der Waals surface area (Å²) in [6.07, 6.45) is 0. The first kappa shape index (κ1) is 14.0. The van der Waals surface area contributed by atoms with Crippen molar-refractivity contribution in [3.05, 3.63) is 16.5 Å². The topological polar surface area (TPSA) is 74.0 Å². The summed E-state index contributed by atoms with van der Waals surface area (Å²) in [5, 5.41) is 8.96. The van der Waals surface area contributed by atoms with E-state index in [1.54, 1.807) is 0 Å². The predicted octanol–water partition coefficient (Wildman–Crippen LogP) is 0.471. The van der Waals surface area contributed by atoms with Crippen molar-refractivity contribution in [1.82, 2.24) is 9.21 Å². The Hall–Kier alpha value is -0.410. The monoisotopic (exact) mass is 338 g/mol.